The van der Waals surface area contributed by atoms with Crippen LogP contribution in [0.2, 0.25) is 0 Å². The van der Waals surface area contributed by atoms with Crippen molar-refractivity contribution < 1.29 is 24.3 Å². The van der Waals surface area contributed by atoms with Crippen molar-refractivity contribution in [2.75, 3.05) is 0 Å². The van der Waals surface area contributed by atoms with Crippen molar-refractivity contribution in [2.24, 2.45) is 0 Å². The quantitative estimate of drug-likeness (QED) is 0.286. The van der Waals surface area contributed by atoms with Gasteiger partial charge in [-0.15, -0.1) is 12.1 Å². The van der Waals surface area contributed by atoms with Gasteiger partial charge in [0.25, 0.3) is 0 Å². The molecule has 3 aromatic rings. The molecule has 0 unspecified atom stereocenters. The number of allylic oxidation sites excluding steroid dienone is 1. The second-order valence-electron chi connectivity index (χ2n) is 4.24. The molecule has 112 valence electrons. The van der Waals surface area contributed by atoms with E-state index in [4.69, 9.17) is 0 Å². The fraction of sp³-hybridized carbons (Fsp3) is 0. The Morgan fingerprint density at radius 3 is 1.90 bits per heavy atom. The van der Waals surface area contributed by atoms with Crippen LogP contribution in [0, 0.1) is 0 Å². The zero-order valence-corrected chi connectivity index (χ0v) is 13.2. The summed E-state index contributed by atoms with van der Waals surface area (Å²) in [5.74, 6) is 0.0452. The standard InChI is InChI=1S/C14H11O.C5H5.Ru/c15-14(13-8-4-5-9-13)11-10-12-6-2-1-3-7-12;1-2-4-5-3-1;/h1-11H;1-5H;/q-1;-5;. The van der Waals surface area contributed by atoms with Crippen LogP contribution in [0.25, 0.3) is 6.08 Å². The number of carbonyl (C=O) groups excluding carboxylic acids is 1. The van der Waals surface area contributed by atoms with Crippen LogP contribution in [0.5, 0.6) is 0 Å². The van der Waals surface area contributed by atoms with Gasteiger partial charge in [0.1, 0.15) is 5.78 Å². The smallest absolute Gasteiger partial charge is 0.105 e. The van der Waals surface area contributed by atoms with Crippen LogP contribution in [0.3, 0.4) is 0 Å². The van der Waals surface area contributed by atoms with E-state index in [9.17, 15) is 4.79 Å². The Hall–Kier alpha value is -2.05. The molecule has 3 aromatic carbocycles. The minimum Gasteiger partial charge on any atom is -0.748 e. The van der Waals surface area contributed by atoms with Gasteiger partial charge in [-0.25, -0.2) is 0 Å². The second kappa shape index (κ2) is 9.79. The molecule has 0 bridgehead atoms. The van der Waals surface area contributed by atoms with E-state index >= 15 is 0 Å². The predicted octanol–water partition coefficient (Wildman–Crippen LogP) is 4.70. The van der Waals surface area contributed by atoms with Crippen molar-refractivity contribution in [3.8, 4) is 0 Å². The summed E-state index contributed by atoms with van der Waals surface area (Å²) >= 11 is 0. The number of rotatable bonds is 3. The third-order valence-electron chi connectivity index (χ3n) is 2.73. The van der Waals surface area contributed by atoms with Gasteiger partial charge in [-0.2, -0.15) is 12.1 Å². The van der Waals surface area contributed by atoms with Gasteiger partial charge in [0.15, 0.2) is 0 Å². The van der Waals surface area contributed by atoms with E-state index in [1.807, 2.05) is 91.0 Å². The van der Waals surface area contributed by atoms with Crippen molar-refractivity contribution in [3.05, 3.63) is 102 Å². The maximum Gasteiger partial charge on any atom is 0.105 e. The third-order valence-corrected chi connectivity index (χ3v) is 2.73. The minimum absolute atomic E-state index is 0. The molecule has 0 heterocycles. The van der Waals surface area contributed by atoms with Crippen LogP contribution in [-0.2, 0) is 19.5 Å². The van der Waals surface area contributed by atoms with Crippen LogP contribution in [-0.4, -0.2) is 5.78 Å². The van der Waals surface area contributed by atoms with Crippen molar-refractivity contribution in [2.45, 2.75) is 0 Å². The average molecular weight is 361 g/mol. The van der Waals surface area contributed by atoms with Crippen molar-refractivity contribution >= 4 is 11.9 Å². The van der Waals surface area contributed by atoms with Gasteiger partial charge in [0.2, 0.25) is 0 Å². The molecule has 0 aromatic heterocycles. The van der Waals surface area contributed by atoms with Gasteiger partial charge in [-0.1, -0.05) is 48.0 Å². The number of carbonyl (C=O) groups is 1. The summed E-state index contributed by atoms with van der Waals surface area (Å²) in [4.78, 5) is 11.6. The molecule has 0 saturated carbocycles. The van der Waals surface area contributed by atoms with E-state index in [1.54, 1.807) is 6.08 Å². The molecule has 0 aliphatic heterocycles. The molecule has 21 heavy (non-hydrogen) atoms. The van der Waals surface area contributed by atoms with Crippen LogP contribution in [0.15, 0.2) is 91.0 Å². The topological polar surface area (TPSA) is 17.1 Å². The van der Waals surface area contributed by atoms with E-state index in [0.29, 0.717) is 0 Å². The van der Waals surface area contributed by atoms with Crippen molar-refractivity contribution in [1.29, 1.82) is 0 Å². The molecular formula is C19H16ORu-6. The summed E-state index contributed by atoms with van der Waals surface area (Å²) in [5.41, 5.74) is 1.78. The Labute approximate surface area is 138 Å². The molecule has 0 aliphatic rings. The number of hydrogen-bond donors (Lipinski definition) is 0. The summed E-state index contributed by atoms with van der Waals surface area (Å²) in [6.07, 6.45) is 3.43. The molecule has 0 atom stereocenters. The first-order valence-electron chi connectivity index (χ1n) is 6.52. The fourth-order valence-corrected chi connectivity index (χ4v) is 1.69. The Morgan fingerprint density at radius 2 is 1.38 bits per heavy atom. The van der Waals surface area contributed by atoms with E-state index in [-0.39, 0.29) is 25.3 Å². The maximum absolute atomic E-state index is 11.6. The molecule has 0 amide bonds. The minimum atomic E-state index is 0. The summed E-state index contributed by atoms with van der Waals surface area (Å²) in [6, 6.07) is 27.2. The molecule has 0 fully saturated rings. The molecule has 0 saturated heterocycles. The van der Waals surface area contributed by atoms with E-state index in [2.05, 4.69) is 0 Å². The van der Waals surface area contributed by atoms with Crippen LogP contribution in [0.1, 0.15) is 15.9 Å². The first-order valence-corrected chi connectivity index (χ1v) is 6.52. The zero-order valence-electron chi connectivity index (χ0n) is 11.5. The van der Waals surface area contributed by atoms with Crippen molar-refractivity contribution in [1.82, 2.24) is 0 Å². The van der Waals surface area contributed by atoms with Gasteiger partial charge in [-0.05, 0) is 5.56 Å². The van der Waals surface area contributed by atoms with Gasteiger partial charge in [0, 0.05) is 19.5 Å². The van der Waals surface area contributed by atoms with E-state index in [1.165, 1.54) is 0 Å². The summed E-state index contributed by atoms with van der Waals surface area (Å²) in [6.45, 7) is 0. The number of hydrogen-bond acceptors (Lipinski definition) is 1. The molecule has 1 nitrogen and oxygen atoms in total. The molecule has 0 spiro atoms. The Morgan fingerprint density at radius 1 is 0.857 bits per heavy atom. The maximum atomic E-state index is 11.6. The predicted molar refractivity (Wildman–Crippen MR) is 83.9 cm³/mol. The van der Waals surface area contributed by atoms with Crippen LogP contribution in [0.4, 0.5) is 0 Å². The Bertz CT molecular complexity index is 602. The monoisotopic (exact) mass is 362 g/mol. The first-order chi connectivity index (χ1) is 9.86. The van der Waals surface area contributed by atoms with E-state index < -0.39 is 0 Å². The SMILES string of the molecule is O=C(C=Cc1ccccc1)[c-]1cccc1.[Ru].[cH-]1[cH-][cH-][cH-][cH-]1. The number of ketones is 1. The molecular weight excluding hydrogens is 345 g/mol. The summed E-state index contributed by atoms with van der Waals surface area (Å²) < 4.78 is 0. The molecule has 0 N–H and O–H groups in total. The van der Waals surface area contributed by atoms with Gasteiger partial charge in [0.05, 0.1) is 0 Å². The van der Waals surface area contributed by atoms with Gasteiger partial charge < -0.3 is 35.1 Å². The van der Waals surface area contributed by atoms with E-state index in [0.717, 1.165) is 11.1 Å². The first kappa shape index (κ1) is 17.0. The van der Waals surface area contributed by atoms with Gasteiger partial charge in [-0.3, -0.25) is 0 Å². The van der Waals surface area contributed by atoms with Crippen LogP contribution >= 0.6 is 0 Å². The average Bonchev–Trinajstić information content (AvgIpc) is 3.20. The third kappa shape index (κ3) is 6.29. The van der Waals surface area contributed by atoms with Crippen LogP contribution < -0.4 is 0 Å². The second-order valence-corrected chi connectivity index (χ2v) is 4.24. The summed E-state index contributed by atoms with van der Waals surface area (Å²) in [5, 5.41) is 0. The van der Waals surface area contributed by atoms with Gasteiger partial charge >= 0.3 is 0 Å². The number of benzene rings is 1. The fourth-order valence-electron chi connectivity index (χ4n) is 1.69. The molecule has 0 radical (unpaired) electrons. The molecule has 3 rings (SSSR count). The van der Waals surface area contributed by atoms with Crippen molar-refractivity contribution in [3.63, 3.8) is 0 Å². The summed E-state index contributed by atoms with van der Waals surface area (Å²) in [7, 11) is 0. The molecule has 2 heteroatoms. The Kier molecular flexibility index (Phi) is 7.93. The molecule has 0 aliphatic carbocycles. The largest absolute Gasteiger partial charge is 0.748 e. The normalized spacial score (nSPS) is 9.52. The zero-order chi connectivity index (χ0) is 14.0. The Balaban J connectivity index is 0.000000313.